The van der Waals surface area contributed by atoms with Crippen molar-refractivity contribution in [3.63, 3.8) is 0 Å². The number of carbonyl (C=O) groups excluding carboxylic acids is 1. The molecule has 0 aromatic heterocycles. The Labute approximate surface area is 196 Å². The van der Waals surface area contributed by atoms with Gasteiger partial charge in [-0.3, -0.25) is 9.69 Å². The van der Waals surface area contributed by atoms with E-state index in [9.17, 15) is 4.79 Å². The van der Waals surface area contributed by atoms with Gasteiger partial charge in [0, 0.05) is 27.2 Å². The first-order valence-corrected chi connectivity index (χ1v) is 14.2. The molecule has 0 heterocycles. The SMILES string of the molecule is C=CCN(Cc1ccccc1)[C@@H](Cc1ccc(O[Si](C)(C)C(C)(C)C)cc1)C(=O)N(C)C. The van der Waals surface area contributed by atoms with Gasteiger partial charge in [-0.05, 0) is 47.8 Å². The van der Waals surface area contributed by atoms with Crippen molar-refractivity contribution in [3.8, 4) is 5.75 Å². The second-order valence-corrected chi connectivity index (χ2v) is 14.9. The molecule has 0 aliphatic heterocycles. The van der Waals surface area contributed by atoms with Crippen LogP contribution in [0.25, 0.3) is 0 Å². The minimum Gasteiger partial charge on any atom is -0.544 e. The largest absolute Gasteiger partial charge is 0.544 e. The Morgan fingerprint density at radius 3 is 2.12 bits per heavy atom. The predicted molar refractivity (Wildman–Crippen MR) is 138 cm³/mol. The van der Waals surface area contributed by atoms with E-state index in [1.165, 1.54) is 5.56 Å². The van der Waals surface area contributed by atoms with Gasteiger partial charge in [0.25, 0.3) is 0 Å². The van der Waals surface area contributed by atoms with E-state index in [1.807, 2.05) is 50.5 Å². The van der Waals surface area contributed by atoms with E-state index < -0.39 is 8.32 Å². The third-order valence-electron chi connectivity index (χ3n) is 6.29. The maximum atomic E-state index is 13.1. The van der Waals surface area contributed by atoms with Crippen LogP contribution in [0, 0.1) is 0 Å². The molecule has 0 N–H and O–H groups in total. The van der Waals surface area contributed by atoms with Crippen molar-refractivity contribution >= 4 is 14.2 Å². The highest BCUT2D eigenvalue weighted by Gasteiger charge is 2.39. The zero-order valence-electron chi connectivity index (χ0n) is 20.9. The average Bonchev–Trinajstić information content (AvgIpc) is 2.72. The van der Waals surface area contributed by atoms with Crippen LogP contribution in [-0.2, 0) is 17.8 Å². The molecule has 0 fully saturated rings. The molecule has 2 aromatic rings. The molecule has 0 saturated carbocycles. The van der Waals surface area contributed by atoms with Crippen LogP contribution in [0.4, 0.5) is 0 Å². The highest BCUT2D eigenvalue weighted by molar-refractivity contribution is 6.74. The summed E-state index contributed by atoms with van der Waals surface area (Å²) in [5, 5.41) is 0.150. The molecule has 4 nitrogen and oxygen atoms in total. The van der Waals surface area contributed by atoms with Crippen molar-refractivity contribution in [2.45, 2.75) is 57.9 Å². The molecule has 0 spiro atoms. The van der Waals surface area contributed by atoms with Crippen LogP contribution in [0.15, 0.2) is 67.3 Å². The van der Waals surface area contributed by atoms with E-state index in [0.29, 0.717) is 19.5 Å². The van der Waals surface area contributed by atoms with Gasteiger partial charge >= 0.3 is 0 Å². The average molecular weight is 453 g/mol. The molecule has 5 heteroatoms. The molecule has 174 valence electrons. The zero-order chi connectivity index (χ0) is 23.9. The Kier molecular flexibility index (Phi) is 8.87. The minimum atomic E-state index is -1.88. The summed E-state index contributed by atoms with van der Waals surface area (Å²) in [4.78, 5) is 17.0. The fourth-order valence-corrected chi connectivity index (χ4v) is 4.35. The summed E-state index contributed by atoms with van der Waals surface area (Å²) in [6.45, 7) is 16.5. The molecular weight excluding hydrogens is 412 g/mol. The molecular formula is C27H40N2O2Si. The number of rotatable bonds is 10. The van der Waals surface area contributed by atoms with Crippen LogP contribution in [0.1, 0.15) is 31.9 Å². The lowest BCUT2D eigenvalue weighted by Gasteiger charge is -2.36. The molecule has 32 heavy (non-hydrogen) atoms. The molecule has 1 amide bonds. The van der Waals surface area contributed by atoms with E-state index in [-0.39, 0.29) is 17.0 Å². The number of carbonyl (C=O) groups is 1. The maximum absolute atomic E-state index is 13.1. The zero-order valence-corrected chi connectivity index (χ0v) is 21.9. The lowest BCUT2D eigenvalue weighted by Crippen LogP contribution is -2.47. The summed E-state index contributed by atoms with van der Waals surface area (Å²) in [5.74, 6) is 1.01. The van der Waals surface area contributed by atoms with Gasteiger partial charge in [-0.15, -0.1) is 6.58 Å². The number of benzene rings is 2. The van der Waals surface area contributed by atoms with Gasteiger partial charge in [0.15, 0.2) is 0 Å². The topological polar surface area (TPSA) is 32.8 Å². The Hall–Kier alpha value is -2.37. The monoisotopic (exact) mass is 452 g/mol. The minimum absolute atomic E-state index is 0.101. The Morgan fingerprint density at radius 1 is 1.03 bits per heavy atom. The molecule has 0 aliphatic rings. The van der Waals surface area contributed by atoms with Gasteiger partial charge in [-0.25, -0.2) is 0 Å². The number of likely N-dealkylation sites (N-methyl/N-ethyl adjacent to an activating group) is 1. The van der Waals surface area contributed by atoms with Gasteiger partial charge < -0.3 is 9.33 Å². The Bertz CT molecular complexity index is 871. The lowest BCUT2D eigenvalue weighted by atomic mass is 10.0. The van der Waals surface area contributed by atoms with Gasteiger partial charge in [-0.2, -0.15) is 0 Å². The van der Waals surface area contributed by atoms with Gasteiger partial charge in [0.2, 0.25) is 14.2 Å². The number of hydrogen-bond donors (Lipinski definition) is 0. The van der Waals surface area contributed by atoms with Crippen LogP contribution >= 0.6 is 0 Å². The maximum Gasteiger partial charge on any atom is 0.250 e. The van der Waals surface area contributed by atoms with Gasteiger partial charge in [0.05, 0.1) is 6.04 Å². The Morgan fingerprint density at radius 2 is 1.62 bits per heavy atom. The molecule has 0 unspecified atom stereocenters. The fourth-order valence-electron chi connectivity index (χ4n) is 3.32. The standard InChI is InChI=1S/C27H40N2O2Si/c1-9-19-29(21-23-13-11-10-12-14-23)25(26(30)28(5)6)20-22-15-17-24(18-16-22)31-32(7,8)27(2,3)4/h9-18,25H,1,19-21H2,2-8H3/t25-/m0/s1. The third kappa shape index (κ3) is 7.07. The molecule has 2 rings (SSSR count). The number of amides is 1. The van der Waals surface area contributed by atoms with Crippen molar-refractivity contribution in [3.05, 3.63) is 78.4 Å². The fraction of sp³-hybridized carbons (Fsp3) is 0.444. The lowest BCUT2D eigenvalue weighted by molar-refractivity contribution is -0.134. The van der Waals surface area contributed by atoms with E-state index in [0.717, 1.165) is 11.3 Å². The van der Waals surface area contributed by atoms with Crippen molar-refractivity contribution in [1.29, 1.82) is 0 Å². The van der Waals surface area contributed by atoms with E-state index >= 15 is 0 Å². The molecule has 0 saturated heterocycles. The molecule has 0 bridgehead atoms. The van der Waals surface area contributed by atoms with E-state index in [4.69, 9.17) is 4.43 Å². The first-order chi connectivity index (χ1) is 14.9. The van der Waals surface area contributed by atoms with Gasteiger partial charge in [-0.1, -0.05) is 69.3 Å². The quantitative estimate of drug-likeness (QED) is 0.339. The number of nitrogens with zero attached hydrogens (tertiary/aromatic N) is 2. The van der Waals surface area contributed by atoms with Crippen molar-refractivity contribution in [2.75, 3.05) is 20.6 Å². The smallest absolute Gasteiger partial charge is 0.250 e. The normalized spacial score (nSPS) is 13.0. The summed E-state index contributed by atoms with van der Waals surface area (Å²) in [5.41, 5.74) is 2.30. The van der Waals surface area contributed by atoms with Crippen LogP contribution < -0.4 is 4.43 Å². The van der Waals surface area contributed by atoms with E-state index in [1.54, 1.807) is 4.90 Å². The number of hydrogen-bond acceptors (Lipinski definition) is 3. The first-order valence-electron chi connectivity index (χ1n) is 11.3. The van der Waals surface area contributed by atoms with Gasteiger partial charge in [0.1, 0.15) is 5.75 Å². The first kappa shape index (κ1) is 25.9. The second kappa shape index (κ2) is 11.0. The van der Waals surface area contributed by atoms with Crippen LogP contribution in [0.5, 0.6) is 5.75 Å². The van der Waals surface area contributed by atoms with Crippen LogP contribution in [0.3, 0.4) is 0 Å². The Balaban J connectivity index is 2.24. The van der Waals surface area contributed by atoms with E-state index in [2.05, 4.69) is 69.6 Å². The summed E-state index contributed by atoms with van der Waals surface area (Å²) in [6.07, 6.45) is 2.51. The molecule has 2 aromatic carbocycles. The highest BCUT2D eigenvalue weighted by Crippen LogP contribution is 2.37. The van der Waals surface area contributed by atoms with Crippen molar-refractivity contribution in [1.82, 2.24) is 9.80 Å². The van der Waals surface area contributed by atoms with Crippen molar-refractivity contribution < 1.29 is 9.22 Å². The summed E-state index contributed by atoms with van der Waals surface area (Å²) < 4.78 is 6.42. The third-order valence-corrected chi connectivity index (χ3v) is 10.6. The molecule has 0 aliphatic carbocycles. The molecule has 0 radical (unpaired) electrons. The van der Waals surface area contributed by atoms with Crippen LogP contribution in [-0.4, -0.2) is 50.7 Å². The summed E-state index contributed by atoms with van der Waals surface area (Å²) in [6, 6.07) is 18.3. The van der Waals surface area contributed by atoms with Crippen LogP contribution in [0.2, 0.25) is 18.1 Å². The molecule has 1 atom stereocenters. The summed E-state index contributed by atoms with van der Waals surface area (Å²) >= 11 is 0. The predicted octanol–water partition coefficient (Wildman–Crippen LogP) is 5.76. The second-order valence-electron chi connectivity index (χ2n) is 10.2. The van der Waals surface area contributed by atoms with Crippen molar-refractivity contribution in [2.24, 2.45) is 0 Å². The summed E-state index contributed by atoms with van der Waals surface area (Å²) in [7, 11) is 1.76. The highest BCUT2D eigenvalue weighted by atomic mass is 28.4.